The molecular weight excluding hydrogens is 183 g/mol. The maximum atomic E-state index is 12.9. The Hall–Kier alpha value is -1.23. The summed E-state index contributed by atoms with van der Waals surface area (Å²) in [5, 5.41) is 8.73. The number of halogens is 3. The molecule has 1 atom stereocenters. The van der Waals surface area contributed by atoms with Gasteiger partial charge in [0.05, 0.1) is 6.04 Å². The van der Waals surface area contributed by atoms with E-state index < -0.39 is 30.1 Å². The molecule has 0 aliphatic heterocycles. The molecule has 0 radical (unpaired) electrons. The fourth-order valence-electron chi connectivity index (χ4n) is 0.919. The lowest BCUT2D eigenvalue weighted by atomic mass is 10.1. The maximum absolute atomic E-state index is 12.9. The minimum Gasteiger partial charge on any atom is -0.505 e. The van der Waals surface area contributed by atoms with Gasteiger partial charge in [-0.1, -0.05) is 0 Å². The first-order chi connectivity index (χ1) is 6.06. The first kappa shape index (κ1) is 9.85. The minimum atomic E-state index is -1.20. The van der Waals surface area contributed by atoms with Crippen molar-refractivity contribution in [1.29, 1.82) is 0 Å². The molecule has 0 amide bonds. The average Bonchev–Trinajstić information content (AvgIpc) is 2.10. The van der Waals surface area contributed by atoms with E-state index in [0.717, 1.165) is 0 Å². The van der Waals surface area contributed by atoms with Crippen LogP contribution in [0.5, 0.6) is 5.75 Å². The number of hydrogen-bond acceptors (Lipinski definition) is 2. The molecule has 0 saturated heterocycles. The molecule has 0 aliphatic rings. The highest BCUT2D eigenvalue weighted by Crippen LogP contribution is 2.23. The molecule has 1 aromatic carbocycles. The van der Waals surface area contributed by atoms with E-state index in [1.54, 1.807) is 0 Å². The van der Waals surface area contributed by atoms with E-state index in [2.05, 4.69) is 0 Å². The van der Waals surface area contributed by atoms with Crippen LogP contribution in [0.2, 0.25) is 0 Å². The number of benzene rings is 1. The second-order valence-electron chi connectivity index (χ2n) is 2.59. The summed E-state index contributed by atoms with van der Waals surface area (Å²) in [6.45, 7) is -0.985. The summed E-state index contributed by atoms with van der Waals surface area (Å²) in [5.74, 6) is -2.74. The van der Waals surface area contributed by atoms with E-state index >= 15 is 0 Å². The molecule has 0 fully saturated rings. The maximum Gasteiger partial charge on any atom is 0.165 e. The molecule has 72 valence electrons. The molecule has 0 bridgehead atoms. The van der Waals surface area contributed by atoms with E-state index in [4.69, 9.17) is 10.8 Å². The van der Waals surface area contributed by atoms with Gasteiger partial charge >= 0.3 is 0 Å². The Morgan fingerprint density at radius 2 is 1.92 bits per heavy atom. The van der Waals surface area contributed by atoms with Crippen molar-refractivity contribution in [3.63, 3.8) is 0 Å². The van der Waals surface area contributed by atoms with Crippen LogP contribution < -0.4 is 5.73 Å². The standard InChI is InChI=1S/C8H8F3NO/c9-3-7(12)4-1-6(11)8(13)2-5(4)10/h1-2,7,13H,3,12H2/t7-/m0/s1. The third-order valence-electron chi connectivity index (χ3n) is 1.63. The quantitative estimate of drug-likeness (QED) is 0.746. The number of hydrogen-bond donors (Lipinski definition) is 2. The summed E-state index contributed by atoms with van der Waals surface area (Å²) in [7, 11) is 0. The zero-order valence-corrected chi connectivity index (χ0v) is 6.60. The number of rotatable bonds is 2. The predicted octanol–water partition coefficient (Wildman–Crippen LogP) is 1.64. The van der Waals surface area contributed by atoms with E-state index in [1.165, 1.54) is 0 Å². The zero-order chi connectivity index (χ0) is 10.0. The normalized spacial score (nSPS) is 12.9. The number of aromatic hydroxyl groups is 1. The Kier molecular flexibility index (Phi) is 2.77. The molecule has 1 aromatic rings. The predicted molar refractivity (Wildman–Crippen MR) is 40.9 cm³/mol. The van der Waals surface area contributed by atoms with Gasteiger partial charge in [0, 0.05) is 11.6 Å². The second kappa shape index (κ2) is 3.66. The molecule has 1 rings (SSSR count). The van der Waals surface area contributed by atoms with Crippen LogP contribution in [-0.2, 0) is 0 Å². The molecular formula is C8H8F3NO. The summed E-state index contributed by atoms with van der Waals surface area (Å²) in [5.41, 5.74) is 4.87. The minimum absolute atomic E-state index is 0.280. The lowest BCUT2D eigenvalue weighted by Crippen LogP contribution is -2.14. The van der Waals surface area contributed by atoms with Crippen molar-refractivity contribution in [2.75, 3.05) is 6.67 Å². The number of alkyl halides is 1. The first-order valence-corrected chi connectivity index (χ1v) is 3.55. The van der Waals surface area contributed by atoms with Gasteiger partial charge in [-0.3, -0.25) is 0 Å². The van der Waals surface area contributed by atoms with Crippen molar-refractivity contribution >= 4 is 0 Å². The highest BCUT2D eigenvalue weighted by molar-refractivity contribution is 5.31. The Morgan fingerprint density at radius 3 is 2.46 bits per heavy atom. The van der Waals surface area contributed by atoms with Gasteiger partial charge in [-0.2, -0.15) is 0 Å². The topological polar surface area (TPSA) is 46.2 Å². The second-order valence-corrected chi connectivity index (χ2v) is 2.59. The summed E-state index contributed by atoms with van der Waals surface area (Å²) in [6.07, 6.45) is 0. The molecule has 0 aromatic heterocycles. The fourth-order valence-corrected chi connectivity index (χ4v) is 0.919. The summed E-state index contributed by atoms with van der Waals surface area (Å²) in [4.78, 5) is 0. The number of nitrogens with two attached hydrogens (primary N) is 1. The summed E-state index contributed by atoms with van der Waals surface area (Å²) >= 11 is 0. The van der Waals surface area contributed by atoms with Crippen LogP contribution in [0.3, 0.4) is 0 Å². The Bertz CT molecular complexity index is 317. The summed E-state index contributed by atoms with van der Waals surface area (Å²) in [6, 6.07) is 0.0600. The zero-order valence-electron chi connectivity index (χ0n) is 6.60. The largest absolute Gasteiger partial charge is 0.505 e. The molecule has 0 unspecified atom stereocenters. The molecule has 0 heterocycles. The van der Waals surface area contributed by atoms with Gasteiger partial charge in [0.1, 0.15) is 12.5 Å². The van der Waals surface area contributed by atoms with Gasteiger partial charge in [0.2, 0.25) is 0 Å². The van der Waals surface area contributed by atoms with Crippen LogP contribution in [0.15, 0.2) is 12.1 Å². The van der Waals surface area contributed by atoms with Gasteiger partial charge in [0.25, 0.3) is 0 Å². The van der Waals surface area contributed by atoms with Crippen LogP contribution in [0.4, 0.5) is 13.2 Å². The van der Waals surface area contributed by atoms with Crippen molar-refractivity contribution in [3.05, 3.63) is 29.3 Å². The van der Waals surface area contributed by atoms with Crippen molar-refractivity contribution in [2.24, 2.45) is 5.73 Å². The van der Waals surface area contributed by atoms with E-state index in [9.17, 15) is 13.2 Å². The van der Waals surface area contributed by atoms with Crippen LogP contribution in [0.25, 0.3) is 0 Å². The van der Waals surface area contributed by atoms with Crippen molar-refractivity contribution < 1.29 is 18.3 Å². The Balaban J connectivity index is 3.15. The van der Waals surface area contributed by atoms with E-state index in [0.29, 0.717) is 12.1 Å². The van der Waals surface area contributed by atoms with Crippen LogP contribution in [0.1, 0.15) is 11.6 Å². The first-order valence-electron chi connectivity index (χ1n) is 3.55. The third-order valence-corrected chi connectivity index (χ3v) is 1.63. The number of phenols is 1. The van der Waals surface area contributed by atoms with Crippen molar-refractivity contribution in [1.82, 2.24) is 0 Å². The van der Waals surface area contributed by atoms with Gasteiger partial charge in [-0.05, 0) is 6.07 Å². The van der Waals surface area contributed by atoms with Gasteiger partial charge in [-0.25, -0.2) is 13.2 Å². The van der Waals surface area contributed by atoms with E-state index in [-0.39, 0.29) is 5.56 Å². The monoisotopic (exact) mass is 191 g/mol. The van der Waals surface area contributed by atoms with Gasteiger partial charge < -0.3 is 10.8 Å². The van der Waals surface area contributed by atoms with Crippen molar-refractivity contribution in [3.8, 4) is 5.75 Å². The number of phenolic OH excluding ortho intramolecular Hbond substituents is 1. The third kappa shape index (κ3) is 1.92. The van der Waals surface area contributed by atoms with Crippen molar-refractivity contribution in [2.45, 2.75) is 6.04 Å². The lowest BCUT2D eigenvalue weighted by molar-refractivity contribution is 0.408. The Labute approximate surface area is 72.8 Å². The Morgan fingerprint density at radius 1 is 1.31 bits per heavy atom. The molecule has 0 spiro atoms. The molecule has 2 nitrogen and oxygen atoms in total. The van der Waals surface area contributed by atoms with Gasteiger partial charge in [0.15, 0.2) is 11.6 Å². The summed E-state index contributed by atoms with van der Waals surface area (Å²) < 4.78 is 37.6. The SMILES string of the molecule is N[C@@H](CF)c1cc(F)c(O)cc1F. The highest BCUT2D eigenvalue weighted by atomic mass is 19.1. The fraction of sp³-hybridized carbons (Fsp3) is 0.250. The van der Waals surface area contributed by atoms with Crippen LogP contribution in [-0.4, -0.2) is 11.8 Å². The molecule has 0 aliphatic carbocycles. The van der Waals surface area contributed by atoms with E-state index in [1.807, 2.05) is 0 Å². The smallest absolute Gasteiger partial charge is 0.165 e. The highest BCUT2D eigenvalue weighted by Gasteiger charge is 2.14. The average molecular weight is 191 g/mol. The lowest BCUT2D eigenvalue weighted by Gasteiger charge is -2.09. The van der Waals surface area contributed by atoms with Crippen LogP contribution in [0, 0.1) is 11.6 Å². The molecule has 13 heavy (non-hydrogen) atoms. The van der Waals surface area contributed by atoms with Gasteiger partial charge in [-0.15, -0.1) is 0 Å². The van der Waals surface area contributed by atoms with Crippen LogP contribution >= 0.6 is 0 Å². The molecule has 5 heteroatoms. The molecule has 3 N–H and O–H groups in total. The molecule has 0 saturated carbocycles.